The van der Waals surface area contributed by atoms with Crippen LogP contribution in [0.15, 0.2) is 97.3 Å². The molecule has 1 heterocycles. The summed E-state index contributed by atoms with van der Waals surface area (Å²) in [4.78, 5) is 17.9. The number of aromatic nitrogens is 3. The number of hydrogen-bond acceptors (Lipinski definition) is 3. The lowest BCUT2D eigenvalue weighted by molar-refractivity contribution is 0.0790. The van der Waals surface area contributed by atoms with E-state index >= 15 is 0 Å². The number of Topliss-reactive ketones (excluding diaryl/α,β-unsaturated/α-hetero) is 1. The summed E-state index contributed by atoms with van der Waals surface area (Å²) in [5.74, 6) is 0.257. The lowest BCUT2D eigenvalue weighted by atomic mass is 9.77. The van der Waals surface area contributed by atoms with Crippen LogP contribution < -0.4 is 0 Å². The Kier molecular flexibility index (Phi) is 6.04. The molecule has 0 radical (unpaired) electrons. The molecule has 1 aromatic heterocycles. The van der Waals surface area contributed by atoms with Crippen LogP contribution in [-0.4, -0.2) is 20.5 Å². The van der Waals surface area contributed by atoms with Crippen LogP contribution in [-0.2, 0) is 5.54 Å². The van der Waals surface area contributed by atoms with Crippen molar-refractivity contribution in [2.45, 2.75) is 39.2 Å². The van der Waals surface area contributed by atoms with E-state index in [9.17, 15) is 4.79 Å². The molecule has 0 N–H and O–H groups in total. The molecule has 0 unspecified atom stereocenters. The van der Waals surface area contributed by atoms with Crippen molar-refractivity contribution in [2.75, 3.05) is 0 Å². The zero-order chi connectivity index (χ0) is 22.6. The van der Waals surface area contributed by atoms with Crippen molar-refractivity contribution in [3.8, 4) is 0 Å². The van der Waals surface area contributed by atoms with E-state index in [2.05, 4.69) is 41.4 Å². The van der Waals surface area contributed by atoms with E-state index in [1.807, 2.05) is 80.1 Å². The fourth-order valence-corrected chi connectivity index (χ4v) is 4.30. The summed E-state index contributed by atoms with van der Waals surface area (Å²) in [5, 5.41) is 4.83. The largest absolute Gasteiger partial charge is 0.290 e. The van der Waals surface area contributed by atoms with Crippen LogP contribution in [0.1, 0.15) is 60.9 Å². The molecule has 4 aromatic rings. The predicted octanol–water partition coefficient (Wildman–Crippen LogP) is 6.13. The summed E-state index contributed by atoms with van der Waals surface area (Å²) in [7, 11) is 0. The molecule has 0 fully saturated rings. The minimum Gasteiger partial charge on any atom is -0.290 e. The fourth-order valence-electron chi connectivity index (χ4n) is 4.30. The van der Waals surface area contributed by atoms with Gasteiger partial charge in [0.15, 0.2) is 0 Å². The molecule has 0 amide bonds. The molecule has 0 aliphatic heterocycles. The Hall–Kier alpha value is -3.53. The van der Waals surface area contributed by atoms with Gasteiger partial charge in [-0.1, -0.05) is 112 Å². The first-order chi connectivity index (χ1) is 15.6. The quantitative estimate of drug-likeness (QED) is 0.253. The highest BCUT2D eigenvalue weighted by Crippen LogP contribution is 2.40. The van der Waals surface area contributed by atoms with Crippen molar-refractivity contribution in [1.29, 1.82) is 0 Å². The second-order valence-electron chi connectivity index (χ2n) is 8.42. The zero-order valence-corrected chi connectivity index (χ0v) is 18.9. The highest BCUT2D eigenvalue weighted by atomic mass is 16.1. The van der Waals surface area contributed by atoms with Crippen LogP contribution in [0.5, 0.6) is 0 Å². The average Bonchev–Trinajstić information content (AvgIpc) is 3.36. The Balaban J connectivity index is 2.00. The molecule has 0 atom stereocenters. The molecule has 0 saturated heterocycles. The standard InChI is InChI=1S/C28H29N3O/c1-4-27(3,5-2)25(32)26-29-21-31(30-26)28(22-15-9-6-10-16-22,23-17-11-7-12-18-23)24-19-13-8-14-20-24/h6-21H,4-5H2,1-3H3. The Morgan fingerprint density at radius 2 is 1.16 bits per heavy atom. The van der Waals surface area contributed by atoms with Crippen LogP contribution in [0, 0.1) is 5.41 Å². The smallest absolute Gasteiger partial charge is 0.217 e. The van der Waals surface area contributed by atoms with Crippen molar-refractivity contribution >= 4 is 5.78 Å². The van der Waals surface area contributed by atoms with Crippen molar-refractivity contribution in [2.24, 2.45) is 5.41 Å². The fraction of sp³-hybridized carbons (Fsp3) is 0.250. The summed E-state index contributed by atoms with van der Waals surface area (Å²) in [5.41, 5.74) is 1.92. The number of carbonyl (C=O) groups is 1. The van der Waals surface area contributed by atoms with Crippen molar-refractivity contribution in [3.63, 3.8) is 0 Å². The lowest BCUT2D eigenvalue weighted by Gasteiger charge is -2.35. The SMILES string of the molecule is CCC(C)(CC)C(=O)c1ncn(C(c2ccccc2)(c2ccccc2)c2ccccc2)n1. The van der Waals surface area contributed by atoms with Gasteiger partial charge >= 0.3 is 0 Å². The van der Waals surface area contributed by atoms with Gasteiger partial charge in [-0.3, -0.25) is 4.79 Å². The second kappa shape index (κ2) is 8.91. The molecule has 4 heteroatoms. The zero-order valence-electron chi connectivity index (χ0n) is 18.9. The van der Waals surface area contributed by atoms with E-state index in [1.165, 1.54) is 0 Å². The highest BCUT2D eigenvalue weighted by molar-refractivity contribution is 5.96. The first-order valence-electron chi connectivity index (χ1n) is 11.2. The molecule has 0 saturated carbocycles. The van der Waals surface area contributed by atoms with Gasteiger partial charge in [0, 0.05) is 5.41 Å². The molecular weight excluding hydrogens is 394 g/mol. The molecule has 0 bridgehead atoms. The number of ketones is 1. The monoisotopic (exact) mass is 423 g/mol. The van der Waals surface area contributed by atoms with Crippen LogP contribution in [0.25, 0.3) is 0 Å². The van der Waals surface area contributed by atoms with E-state index in [0.29, 0.717) is 0 Å². The Labute approximate surface area is 190 Å². The molecule has 4 rings (SSSR count). The number of carbonyl (C=O) groups excluding carboxylic acids is 1. The maximum atomic E-state index is 13.3. The third kappa shape index (κ3) is 3.56. The van der Waals surface area contributed by atoms with Crippen molar-refractivity contribution in [3.05, 3.63) is 120 Å². The maximum Gasteiger partial charge on any atom is 0.217 e. The first-order valence-corrected chi connectivity index (χ1v) is 11.2. The van der Waals surface area contributed by atoms with Gasteiger partial charge in [-0.05, 0) is 29.5 Å². The Morgan fingerprint density at radius 1 is 0.750 bits per heavy atom. The van der Waals surface area contributed by atoms with Gasteiger partial charge in [-0.15, -0.1) is 5.10 Å². The van der Waals surface area contributed by atoms with Crippen LogP contribution in [0.4, 0.5) is 0 Å². The second-order valence-corrected chi connectivity index (χ2v) is 8.42. The maximum absolute atomic E-state index is 13.3. The van der Waals surface area contributed by atoms with Gasteiger partial charge in [0.1, 0.15) is 11.9 Å². The van der Waals surface area contributed by atoms with Gasteiger partial charge in [-0.2, -0.15) is 0 Å². The number of benzene rings is 3. The van der Waals surface area contributed by atoms with Crippen LogP contribution >= 0.6 is 0 Å². The molecule has 162 valence electrons. The van der Waals surface area contributed by atoms with E-state index in [4.69, 9.17) is 5.10 Å². The van der Waals surface area contributed by atoms with Crippen LogP contribution in [0.3, 0.4) is 0 Å². The summed E-state index contributed by atoms with van der Waals surface area (Å²) in [6.45, 7) is 6.08. The molecular formula is C28H29N3O. The van der Waals surface area contributed by atoms with Gasteiger partial charge < -0.3 is 0 Å². The summed E-state index contributed by atoms with van der Waals surface area (Å²) >= 11 is 0. The van der Waals surface area contributed by atoms with E-state index in [1.54, 1.807) is 6.33 Å². The Morgan fingerprint density at radius 3 is 1.53 bits per heavy atom. The molecule has 0 spiro atoms. The molecule has 3 aromatic carbocycles. The van der Waals surface area contributed by atoms with Gasteiger partial charge in [-0.25, -0.2) is 9.67 Å². The number of hydrogen-bond donors (Lipinski definition) is 0. The predicted molar refractivity (Wildman–Crippen MR) is 128 cm³/mol. The third-order valence-corrected chi connectivity index (χ3v) is 6.72. The normalized spacial score (nSPS) is 12.0. The topological polar surface area (TPSA) is 47.8 Å². The van der Waals surface area contributed by atoms with Crippen molar-refractivity contribution < 1.29 is 4.79 Å². The Bertz CT molecular complexity index is 1070. The van der Waals surface area contributed by atoms with E-state index < -0.39 is 11.0 Å². The summed E-state index contributed by atoms with van der Waals surface area (Å²) in [6.07, 6.45) is 3.20. The number of rotatable bonds is 8. The average molecular weight is 424 g/mol. The first kappa shape index (κ1) is 21.7. The highest BCUT2D eigenvalue weighted by Gasteiger charge is 2.41. The molecule has 32 heavy (non-hydrogen) atoms. The van der Waals surface area contributed by atoms with Crippen molar-refractivity contribution in [1.82, 2.24) is 14.8 Å². The lowest BCUT2D eigenvalue weighted by Crippen LogP contribution is -2.38. The van der Waals surface area contributed by atoms with Gasteiger partial charge in [0.05, 0.1) is 0 Å². The van der Waals surface area contributed by atoms with E-state index in [-0.39, 0.29) is 11.6 Å². The number of nitrogens with zero attached hydrogens (tertiary/aromatic N) is 3. The third-order valence-electron chi connectivity index (χ3n) is 6.72. The van der Waals surface area contributed by atoms with Gasteiger partial charge in [0.2, 0.25) is 11.6 Å². The minimum atomic E-state index is -0.760. The summed E-state index contributed by atoms with van der Waals surface area (Å²) < 4.78 is 1.85. The summed E-state index contributed by atoms with van der Waals surface area (Å²) in [6, 6.07) is 30.8. The molecule has 4 nitrogen and oxygen atoms in total. The minimum absolute atomic E-state index is 0.00987. The molecule has 0 aliphatic rings. The van der Waals surface area contributed by atoms with E-state index in [0.717, 1.165) is 29.5 Å². The van der Waals surface area contributed by atoms with Gasteiger partial charge in [0.25, 0.3) is 0 Å². The van der Waals surface area contributed by atoms with Crippen LogP contribution in [0.2, 0.25) is 0 Å². The molecule has 0 aliphatic carbocycles.